The lowest BCUT2D eigenvalue weighted by Crippen LogP contribution is -2.08. The summed E-state index contributed by atoms with van der Waals surface area (Å²) in [5.41, 5.74) is 5.89. The number of benzene rings is 1. The minimum atomic E-state index is 0.0697. The summed E-state index contributed by atoms with van der Waals surface area (Å²) >= 11 is 10.3. The van der Waals surface area contributed by atoms with Crippen LogP contribution >= 0.6 is 23.8 Å². The molecule has 0 aromatic heterocycles. The smallest absolute Gasteiger partial charge is 0.117 e. The number of rotatable bonds is 1. The molecule has 4 heteroatoms. The standard InChI is InChI=1S/C7H6ClNOS/c8-5-1-4(7(9)11)2-6(10)3-5/h1-3,10H,(H2,9,11). The largest absolute Gasteiger partial charge is 0.508 e. The van der Waals surface area contributed by atoms with E-state index in [4.69, 9.17) is 22.4 Å². The average molecular weight is 188 g/mol. The summed E-state index contributed by atoms with van der Waals surface area (Å²) in [6, 6.07) is 4.49. The molecule has 0 aliphatic heterocycles. The molecule has 0 saturated heterocycles. The van der Waals surface area contributed by atoms with E-state index in [0.29, 0.717) is 10.6 Å². The molecule has 0 aliphatic carbocycles. The fraction of sp³-hybridized carbons (Fsp3) is 0. The fourth-order valence-corrected chi connectivity index (χ4v) is 1.06. The molecule has 0 amide bonds. The molecule has 2 nitrogen and oxygen atoms in total. The predicted molar refractivity (Wildman–Crippen MR) is 49.0 cm³/mol. The second-order valence-electron chi connectivity index (χ2n) is 2.06. The minimum Gasteiger partial charge on any atom is -0.508 e. The predicted octanol–water partition coefficient (Wildman–Crippen LogP) is 1.68. The zero-order chi connectivity index (χ0) is 8.43. The first-order valence-electron chi connectivity index (χ1n) is 2.89. The molecule has 3 N–H and O–H groups in total. The van der Waals surface area contributed by atoms with Crippen LogP contribution in [0.2, 0.25) is 5.02 Å². The van der Waals surface area contributed by atoms with Gasteiger partial charge in [-0.2, -0.15) is 0 Å². The Balaban J connectivity index is 3.19. The third-order valence-corrected chi connectivity index (χ3v) is 1.62. The number of phenols is 1. The molecule has 0 bridgehead atoms. The van der Waals surface area contributed by atoms with E-state index >= 15 is 0 Å². The Morgan fingerprint density at radius 1 is 1.45 bits per heavy atom. The number of halogens is 1. The molecule has 0 radical (unpaired) electrons. The van der Waals surface area contributed by atoms with Crippen LogP contribution in [0.25, 0.3) is 0 Å². The summed E-state index contributed by atoms with van der Waals surface area (Å²) in [5, 5.41) is 9.47. The Morgan fingerprint density at radius 3 is 2.55 bits per heavy atom. The van der Waals surface area contributed by atoms with Gasteiger partial charge in [0.1, 0.15) is 10.7 Å². The monoisotopic (exact) mass is 187 g/mol. The topological polar surface area (TPSA) is 46.2 Å². The SMILES string of the molecule is NC(=S)c1cc(O)cc(Cl)c1. The molecule has 0 spiro atoms. The minimum absolute atomic E-state index is 0.0697. The molecule has 1 aromatic carbocycles. The van der Waals surface area contributed by atoms with Crippen LogP contribution in [0.4, 0.5) is 0 Å². The van der Waals surface area contributed by atoms with Crippen molar-refractivity contribution < 1.29 is 5.11 Å². The Hall–Kier alpha value is -0.800. The second-order valence-corrected chi connectivity index (χ2v) is 2.94. The van der Waals surface area contributed by atoms with Gasteiger partial charge in [0.2, 0.25) is 0 Å². The van der Waals surface area contributed by atoms with Crippen LogP contribution in [0, 0.1) is 0 Å². The Labute approximate surface area is 74.6 Å². The lowest BCUT2D eigenvalue weighted by molar-refractivity contribution is 0.475. The van der Waals surface area contributed by atoms with E-state index in [1.54, 1.807) is 6.07 Å². The maximum atomic E-state index is 9.04. The van der Waals surface area contributed by atoms with Crippen molar-refractivity contribution in [2.45, 2.75) is 0 Å². The molecular weight excluding hydrogens is 182 g/mol. The average Bonchev–Trinajstić information content (AvgIpc) is 1.85. The van der Waals surface area contributed by atoms with Crippen molar-refractivity contribution in [1.82, 2.24) is 0 Å². The molecule has 0 saturated carbocycles. The highest BCUT2D eigenvalue weighted by Gasteiger charge is 1.99. The zero-order valence-electron chi connectivity index (χ0n) is 5.54. The zero-order valence-corrected chi connectivity index (χ0v) is 7.12. The first-order valence-corrected chi connectivity index (χ1v) is 3.67. The van der Waals surface area contributed by atoms with Gasteiger partial charge in [0.25, 0.3) is 0 Å². The van der Waals surface area contributed by atoms with Crippen molar-refractivity contribution >= 4 is 28.8 Å². The van der Waals surface area contributed by atoms with Gasteiger partial charge in [-0.25, -0.2) is 0 Å². The maximum absolute atomic E-state index is 9.04. The first kappa shape index (κ1) is 8.30. The highest BCUT2D eigenvalue weighted by atomic mass is 35.5. The Bertz CT molecular complexity index is 280. The van der Waals surface area contributed by atoms with Gasteiger partial charge in [0, 0.05) is 10.6 Å². The van der Waals surface area contributed by atoms with Crippen molar-refractivity contribution in [1.29, 1.82) is 0 Å². The quantitative estimate of drug-likeness (QED) is 0.658. The van der Waals surface area contributed by atoms with E-state index in [9.17, 15) is 0 Å². The van der Waals surface area contributed by atoms with Crippen molar-refractivity contribution in [2.75, 3.05) is 0 Å². The van der Waals surface area contributed by atoms with Gasteiger partial charge in [0.15, 0.2) is 0 Å². The molecule has 0 unspecified atom stereocenters. The lowest BCUT2D eigenvalue weighted by atomic mass is 10.2. The molecule has 0 atom stereocenters. The van der Waals surface area contributed by atoms with Gasteiger partial charge in [-0.3, -0.25) is 0 Å². The van der Waals surface area contributed by atoms with Crippen molar-refractivity contribution in [3.05, 3.63) is 28.8 Å². The normalized spacial score (nSPS) is 9.55. The number of phenolic OH excluding ortho intramolecular Hbond substituents is 1. The van der Waals surface area contributed by atoms with Crippen LogP contribution < -0.4 is 5.73 Å². The molecular formula is C7H6ClNOS. The molecule has 1 aromatic rings. The van der Waals surface area contributed by atoms with Gasteiger partial charge in [-0.15, -0.1) is 0 Å². The Morgan fingerprint density at radius 2 is 2.09 bits per heavy atom. The molecule has 58 valence electrons. The number of hydrogen-bond donors (Lipinski definition) is 2. The lowest BCUT2D eigenvalue weighted by Gasteiger charge is -1.99. The summed E-state index contributed by atoms with van der Waals surface area (Å²) in [7, 11) is 0. The van der Waals surface area contributed by atoms with Crippen LogP contribution in [0.5, 0.6) is 5.75 Å². The van der Waals surface area contributed by atoms with Crippen LogP contribution in [-0.2, 0) is 0 Å². The third kappa shape index (κ3) is 2.06. The number of nitrogens with two attached hydrogens (primary N) is 1. The third-order valence-electron chi connectivity index (χ3n) is 1.17. The summed E-state index contributed by atoms with van der Waals surface area (Å²) in [5.74, 6) is 0.0697. The van der Waals surface area contributed by atoms with E-state index in [1.165, 1.54) is 12.1 Å². The molecule has 1 rings (SSSR count). The summed E-state index contributed by atoms with van der Waals surface area (Å²) in [6.45, 7) is 0. The number of hydrogen-bond acceptors (Lipinski definition) is 2. The van der Waals surface area contributed by atoms with Crippen LogP contribution in [-0.4, -0.2) is 10.1 Å². The van der Waals surface area contributed by atoms with Gasteiger partial charge >= 0.3 is 0 Å². The molecule has 0 heterocycles. The van der Waals surface area contributed by atoms with E-state index in [1.807, 2.05) is 0 Å². The van der Waals surface area contributed by atoms with E-state index in [-0.39, 0.29) is 10.7 Å². The fourth-order valence-electron chi connectivity index (χ4n) is 0.716. The van der Waals surface area contributed by atoms with Gasteiger partial charge < -0.3 is 10.8 Å². The second kappa shape index (κ2) is 3.07. The first-order chi connectivity index (χ1) is 5.09. The molecule has 0 fully saturated rings. The number of aromatic hydroxyl groups is 1. The maximum Gasteiger partial charge on any atom is 0.117 e. The molecule has 0 aliphatic rings. The van der Waals surface area contributed by atoms with E-state index < -0.39 is 0 Å². The van der Waals surface area contributed by atoms with Crippen molar-refractivity contribution in [3.8, 4) is 5.75 Å². The highest BCUT2D eigenvalue weighted by molar-refractivity contribution is 7.80. The number of thiocarbonyl (C=S) groups is 1. The molecule has 11 heavy (non-hydrogen) atoms. The highest BCUT2D eigenvalue weighted by Crippen LogP contribution is 2.19. The van der Waals surface area contributed by atoms with Crippen LogP contribution in [0.3, 0.4) is 0 Å². The van der Waals surface area contributed by atoms with E-state index in [2.05, 4.69) is 12.2 Å². The van der Waals surface area contributed by atoms with Gasteiger partial charge in [-0.1, -0.05) is 23.8 Å². The summed E-state index contributed by atoms with van der Waals surface area (Å²) in [6.07, 6.45) is 0. The summed E-state index contributed by atoms with van der Waals surface area (Å²) < 4.78 is 0. The van der Waals surface area contributed by atoms with Crippen LogP contribution in [0.1, 0.15) is 5.56 Å². The summed E-state index contributed by atoms with van der Waals surface area (Å²) in [4.78, 5) is 0.225. The van der Waals surface area contributed by atoms with Crippen molar-refractivity contribution in [2.24, 2.45) is 5.73 Å². The van der Waals surface area contributed by atoms with Gasteiger partial charge in [-0.05, 0) is 18.2 Å². The Kier molecular flexibility index (Phi) is 2.31. The van der Waals surface area contributed by atoms with Crippen LogP contribution in [0.15, 0.2) is 18.2 Å². The van der Waals surface area contributed by atoms with E-state index in [0.717, 1.165) is 0 Å². The van der Waals surface area contributed by atoms with Gasteiger partial charge in [0.05, 0.1) is 0 Å². The van der Waals surface area contributed by atoms with Crippen molar-refractivity contribution in [3.63, 3.8) is 0 Å².